The van der Waals surface area contributed by atoms with E-state index in [2.05, 4.69) is 175 Å². The van der Waals surface area contributed by atoms with E-state index in [-0.39, 0.29) is 0 Å². The lowest BCUT2D eigenvalue weighted by molar-refractivity contribution is 1.19. The van der Waals surface area contributed by atoms with Gasteiger partial charge in [-0.15, -0.1) is 0 Å². The second kappa shape index (κ2) is 11.0. The molecule has 0 aliphatic rings. The molecule has 49 heavy (non-hydrogen) atoms. The average molecular weight is 624 g/mol. The Balaban J connectivity index is 1.18. The summed E-state index contributed by atoms with van der Waals surface area (Å²) >= 11 is 0. The number of rotatable bonds is 4. The molecule has 0 aliphatic carbocycles. The summed E-state index contributed by atoms with van der Waals surface area (Å²) in [6, 6.07) is 58.5. The number of fused-ring (bicyclic) bond motifs is 7. The van der Waals surface area contributed by atoms with E-state index in [1.807, 2.05) is 6.07 Å². The molecule has 0 aliphatic heterocycles. The van der Waals surface area contributed by atoms with Crippen LogP contribution in [0.15, 0.2) is 176 Å². The van der Waals surface area contributed by atoms with Crippen LogP contribution in [-0.2, 0) is 0 Å². The van der Waals surface area contributed by atoms with E-state index in [4.69, 9.17) is 9.97 Å². The van der Waals surface area contributed by atoms with Crippen LogP contribution >= 0.6 is 0 Å². The maximum atomic E-state index is 5.33. The highest BCUT2D eigenvalue weighted by atomic mass is 15.0. The van der Waals surface area contributed by atoms with E-state index in [1.54, 1.807) is 0 Å². The van der Waals surface area contributed by atoms with Crippen molar-refractivity contribution in [1.82, 2.24) is 14.4 Å². The van der Waals surface area contributed by atoms with Gasteiger partial charge in [-0.25, -0.2) is 9.97 Å². The highest BCUT2D eigenvalue weighted by Gasteiger charge is 2.17. The summed E-state index contributed by atoms with van der Waals surface area (Å²) in [5, 5.41) is 8.46. The molecule has 3 heteroatoms. The van der Waals surface area contributed by atoms with E-state index in [9.17, 15) is 0 Å². The molecule has 0 fully saturated rings. The topological polar surface area (TPSA) is 30.2 Å². The minimum atomic E-state index is 0.931. The molecule has 10 rings (SSSR count). The Morgan fingerprint density at radius 2 is 1.10 bits per heavy atom. The Kier molecular flexibility index (Phi) is 6.18. The number of aromatic nitrogens is 3. The summed E-state index contributed by atoms with van der Waals surface area (Å²) in [7, 11) is 0. The van der Waals surface area contributed by atoms with Crippen molar-refractivity contribution in [3.8, 4) is 44.8 Å². The minimum absolute atomic E-state index is 0.931. The first-order valence-electron chi connectivity index (χ1n) is 16.7. The highest BCUT2D eigenvalue weighted by molar-refractivity contribution is 6.25. The summed E-state index contributed by atoms with van der Waals surface area (Å²) in [5.41, 5.74) is 10.8. The molecular formula is C46H29N3. The number of imidazole rings is 1. The molecule has 0 unspecified atom stereocenters. The average Bonchev–Trinajstić information content (AvgIpc) is 3.61. The number of hydrogen-bond donors (Lipinski definition) is 0. The van der Waals surface area contributed by atoms with Crippen molar-refractivity contribution in [3.63, 3.8) is 0 Å². The zero-order chi connectivity index (χ0) is 32.3. The number of benzene rings is 7. The summed E-state index contributed by atoms with van der Waals surface area (Å²) < 4.78 is 2.13. The van der Waals surface area contributed by atoms with E-state index in [0.717, 1.165) is 50.2 Å². The lowest BCUT2D eigenvalue weighted by atomic mass is 9.89. The summed E-state index contributed by atoms with van der Waals surface area (Å²) in [4.78, 5) is 10.2. The fourth-order valence-electron chi connectivity index (χ4n) is 7.39. The zero-order valence-corrected chi connectivity index (χ0v) is 26.6. The van der Waals surface area contributed by atoms with Gasteiger partial charge in [0.1, 0.15) is 5.65 Å². The largest absolute Gasteiger partial charge is 0.306 e. The van der Waals surface area contributed by atoms with Gasteiger partial charge in [-0.1, -0.05) is 127 Å². The van der Waals surface area contributed by atoms with Crippen LogP contribution in [-0.4, -0.2) is 14.4 Å². The SMILES string of the molecule is c1ccc(-c2cn3cc(-c4cccc(-c5cc6c(-c7ccc8ccccc8c7)nc7ccccc7c6c6ccccc56)c4)ccc3n2)cc1. The van der Waals surface area contributed by atoms with Crippen LogP contribution in [0.1, 0.15) is 0 Å². The van der Waals surface area contributed by atoms with Crippen molar-refractivity contribution in [2.24, 2.45) is 0 Å². The van der Waals surface area contributed by atoms with E-state index in [0.29, 0.717) is 0 Å². The Morgan fingerprint density at radius 1 is 0.388 bits per heavy atom. The molecule has 228 valence electrons. The Morgan fingerprint density at radius 3 is 2.00 bits per heavy atom. The number of hydrogen-bond acceptors (Lipinski definition) is 2. The molecule has 0 amide bonds. The third kappa shape index (κ3) is 4.59. The second-order valence-corrected chi connectivity index (χ2v) is 12.7. The maximum Gasteiger partial charge on any atom is 0.137 e. The molecule has 0 spiro atoms. The molecule has 10 aromatic rings. The lowest BCUT2D eigenvalue weighted by Gasteiger charge is -2.17. The first-order valence-corrected chi connectivity index (χ1v) is 16.7. The van der Waals surface area contributed by atoms with E-state index < -0.39 is 0 Å². The normalized spacial score (nSPS) is 11.7. The van der Waals surface area contributed by atoms with Crippen LogP contribution in [0.2, 0.25) is 0 Å². The maximum absolute atomic E-state index is 5.33. The van der Waals surface area contributed by atoms with Gasteiger partial charge in [0.05, 0.1) is 16.9 Å². The smallest absolute Gasteiger partial charge is 0.137 e. The Labute approximate surface area is 283 Å². The molecule has 3 aromatic heterocycles. The van der Waals surface area contributed by atoms with Gasteiger partial charge in [-0.05, 0) is 80.2 Å². The van der Waals surface area contributed by atoms with Gasteiger partial charge < -0.3 is 4.40 Å². The van der Waals surface area contributed by atoms with Gasteiger partial charge in [0.25, 0.3) is 0 Å². The van der Waals surface area contributed by atoms with Crippen molar-refractivity contribution in [2.45, 2.75) is 0 Å². The molecule has 0 N–H and O–H groups in total. The first-order chi connectivity index (χ1) is 24.3. The monoisotopic (exact) mass is 623 g/mol. The predicted molar refractivity (Wildman–Crippen MR) is 205 cm³/mol. The molecule has 0 saturated carbocycles. The lowest BCUT2D eigenvalue weighted by Crippen LogP contribution is -1.93. The van der Waals surface area contributed by atoms with Crippen LogP contribution in [0.25, 0.3) is 93.6 Å². The minimum Gasteiger partial charge on any atom is -0.306 e. The van der Waals surface area contributed by atoms with Crippen LogP contribution in [0.4, 0.5) is 0 Å². The van der Waals surface area contributed by atoms with Crippen LogP contribution in [0, 0.1) is 0 Å². The van der Waals surface area contributed by atoms with Crippen molar-refractivity contribution >= 4 is 48.9 Å². The third-order valence-electron chi connectivity index (χ3n) is 9.76. The van der Waals surface area contributed by atoms with Crippen molar-refractivity contribution in [3.05, 3.63) is 176 Å². The second-order valence-electron chi connectivity index (χ2n) is 12.7. The molecule has 7 aromatic carbocycles. The Hall–Kier alpha value is -6.58. The molecule has 0 atom stereocenters. The molecule has 3 nitrogen and oxygen atoms in total. The number of pyridine rings is 2. The molecule has 0 bridgehead atoms. The highest BCUT2D eigenvalue weighted by Crippen LogP contribution is 2.42. The van der Waals surface area contributed by atoms with Gasteiger partial charge in [-0.3, -0.25) is 0 Å². The standard InChI is InChI=1S/C46H29N3/c1-2-12-31(13-3-1)43-29-49-28-36(23-24-44(49)47-43)33-15-10-16-34(25-33)40-27-41-45(38-18-7-6-17-37(38)40)39-19-8-9-20-42(39)48-46(41)35-22-21-30-11-4-5-14-32(30)26-35/h1-29H. The summed E-state index contributed by atoms with van der Waals surface area (Å²) in [6.45, 7) is 0. The third-order valence-corrected chi connectivity index (χ3v) is 9.76. The van der Waals surface area contributed by atoms with E-state index >= 15 is 0 Å². The van der Waals surface area contributed by atoms with Crippen LogP contribution in [0.5, 0.6) is 0 Å². The number of nitrogens with zero attached hydrogens (tertiary/aromatic N) is 3. The van der Waals surface area contributed by atoms with E-state index in [1.165, 1.54) is 43.4 Å². The van der Waals surface area contributed by atoms with Gasteiger partial charge in [0, 0.05) is 39.7 Å². The first kappa shape index (κ1) is 27.5. The summed E-state index contributed by atoms with van der Waals surface area (Å²) in [6.07, 6.45) is 4.29. The van der Waals surface area contributed by atoms with Crippen LogP contribution in [0.3, 0.4) is 0 Å². The number of para-hydroxylation sites is 1. The molecular weight excluding hydrogens is 595 g/mol. The van der Waals surface area contributed by atoms with Gasteiger partial charge in [-0.2, -0.15) is 0 Å². The predicted octanol–water partition coefficient (Wildman–Crippen LogP) is 12.0. The molecule has 3 heterocycles. The Bertz CT molecular complexity index is 2880. The molecule has 0 saturated heterocycles. The van der Waals surface area contributed by atoms with Gasteiger partial charge in [0.15, 0.2) is 0 Å². The van der Waals surface area contributed by atoms with Crippen molar-refractivity contribution in [2.75, 3.05) is 0 Å². The molecule has 0 radical (unpaired) electrons. The summed E-state index contributed by atoms with van der Waals surface area (Å²) in [5.74, 6) is 0. The van der Waals surface area contributed by atoms with Gasteiger partial charge in [0.2, 0.25) is 0 Å². The van der Waals surface area contributed by atoms with Crippen molar-refractivity contribution in [1.29, 1.82) is 0 Å². The fraction of sp³-hybridized carbons (Fsp3) is 0. The van der Waals surface area contributed by atoms with Crippen LogP contribution < -0.4 is 0 Å². The van der Waals surface area contributed by atoms with Gasteiger partial charge >= 0.3 is 0 Å². The fourth-order valence-corrected chi connectivity index (χ4v) is 7.39. The quantitative estimate of drug-likeness (QED) is 0.183. The van der Waals surface area contributed by atoms with Crippen molar-refractivity contribution < 1.29 is 0 Å². The zero-order valence-electron chi connectivity index (χ0n) is 26.6.